The molecular weight excluding hydrogens is 308 g/mol. The van der Waals surface area contributed by atoms with Gasteiger partial charge in [0.2, 0.25) is 5.91 Å². The van der Waals surface area contributed by atoms with Crippen LogP contribution in [0.25, 0.3) is 0 Å². The fraction of sp³-hybridized carbons (Fsp3) is 0.471. The molecule has 0 aromatic carbocycles. The summed E-state index contributed by atoms with van der Waals surface area (Å²) >= 11 is 1.61. The fourth-order valence-electron chi connectivity index (χ4n) is 2.84. The number of piperidine rings is 1. The summed E-state index contributed by atoms with van der Waals surface area (Å²) in [5, 5.41) is 6.23. The monoisotopic (exact) mass is 330 g/mol. The van der Waals surface area contributed by atoms with Gasteiger partial charge in [0, 0.05) is 36.5 Å². The van der Waals surface area contributed by atoms with E-state index in [-0.39, 0.29) is 11.8 Å². The van der Waals surface area contributed by atoms with Crippen LogP contribution in [0.15, 0.2) is 29.8 Å². The Bertz CT molecular complexity index is 648. The number of carbonyl (C=O) groups is 1. The lowest BCUT2D eigenvalue weighted by Crippen LogP contribution is -2.40. The summed E-state index contributed by atoms with van der Waals surface area (Å²) in [4.78, 5) is 23.0. The van der Waals surface area contributed by atoms with Crippen LogP contribution in [0.5, 0.6) is 0 Å². The molecule has 1 aliphatic heterocycles. The largest absolute Gasteiger partial charge is 0.342 e. The minimum Gasteiger partial charge on any atom is -0.342 e. The topological polar surface area (TPSA) is 58.1 Å². The lowest BCUT2D eigenvalue weighted by atomic mass is 9.93. The number of amides is 1. The standard InChI is InChI=1S/C17H22N4OS/c1-12(2)16(22)21-9-6-13(7-10-21)14-11-23-17(19-14)20-15-5-3-4-8-18-15/h3-5,8,11-13H,6-7,9-10H2,1-2H3,(H,18,19,20). The van der Waals surface area contributed by atoms with Crippen molar-refractivity contribution in [3.05, 3.63) is 35.5 Å². The van der Waals surface area contributed by atoms with Crippen molar-refractivity contribution in [1.82, 2.24) is 14.9 Å². The van der Waals surface area contributed by atoms with Gasteiger partial charge in [-0.15, -0.1) is 11.3 Å². The first-order chi connectivity index (χ1) is 11.1. The van der Waals surface area contributed by atoms with Crippen LogP contribution in [-0.2, 0) is 4.79 Å². The van der Waals surface area contributed by atoms with Crippen LogP contribution in [0.3, 0.4) is 0 Å². The maximum Gasteiger partial charge on any atom is 0.225 e. The highest BCUT2D eigenvalue weighted by Crippen LogP contribution is 2.31. The lowest BCUT2D eigenvalue weighted by Gasteiger charge is -2.32. The van der Waals surface area contributed by atoms with Crippen molar-refractivity contribution in [2.75, 3.05) is 18.4 Å². The van der Waals surface area contributed by atoms with E-state index in [1.54, 1.807) is 17.5 Å². The maximum absolute atomic E-state index is 12.0. The van der Waals surface area contributed by atoms with Gasteiger partial charge in [0.25, 0.3) is 0 Å². The normalized spacial score (nSPS) is 15.9. The molecule has 3 heterocycles. The van der Waals surface area contributed by atoms with Crippen molar-refractivity contribution in [2.45, 2.75) is 32.6 Å². The smallest absolute Gasteiger partial charge is 0.225 e. The minimum atomic E-state index is 0.0833. The van der Waals surface area contributed by atoms with E-state index in [1.807, 2.05) is 36.9 Å². The van der Waals surface area contributed by atoms with Crippen LogP contribution in [0, 0.1) is 5.92 Å². The first-order valence-electron chi connectivity index (χ1n) is 8.05. The maximum atomic E-state index is 12.0. The number of rotatable bonds is 4. The van der Waals surface area contributed by atoms with Crippen molar-refractivity contribution in [2.24, 2.45) is 5.92 Å². The highest BCUT2D eigenvalue weighted by atomic mass is 32.1. The molecule has 1 fully saturated rings. The number of hydrogen-bond acceptors (Lipinski definition) is 5. The van der Waals surface area contributed by atoms with E-state index in [9.17, 15) is 4.79 Å². The molecule has 122 valence electrons. The summed E-state index contributed by atoms with van der Waals surface area (Å²) in [5.41, 5.74) is 1.13. The van der Waals surface area contributed by atoms with Crippen LogP contribution in [0.1, 0.15) is 38.3 Å². The van der Waals surface area contributed by atoms with E-state index in [1.165, 1.54) is 0 Å². The third-order valence-electron chi connectivity index (χ3n) is 4.14. The molecule has 6 heteroatoms. The quantitative estimate of drug-likeness (QED) is 0.930. The van der Waals surface area contributed by atoms with Gasteiger partial charge in [-0.2, -0.15) is 0 Å². The zero-order chi connectivity index (χ0) is 16.2. The molecule has 1 N–H and O–H groups in total. The Balaban J connectivity index is 1.58. The van der Waals surface area contributed by atoms with Crippen molar-refractivity contribution in [1.29, 1.82) is 0 Å². The van der Waals surface area contributed by atoms with E-state index in [0.29, 0.717) is 5.92 Å². The first-order valence-corrected chi connectivity index (χ1v) is 8.93. The zero-order valence-electron chi connectivity index (χ0n) is 13.5. The molecule has 0 saturated carbocycles. The molecule has 5 nitrogen and oxygen atoms in total. The Labute approximate surface area is 140 Å². The summed E-state index contributed by atoms with van der Waals surface area (Å²) in [6.07, 6.45) is 3.74. The number of hydrogen-bond donors (Lipinski definition) is 1. The van der Waals surface area contributed by atoms with Gasteiger partial charge in [-0.25, -0.2) is 9.97 Å². The second-order valence-electron chi connectivity index (χ2n) is 6.17. The molecule has 1 saturated heterocycles. The molecule has 3 rings (SSSR count). The van der Waals surface area contributed by atoms with Gasteiger partial charge in [-0.05, 0) is 25.0 Å². The molecule has 0 unspecified atom stereocenters. The third kappa shape index (κ3) is 3.88. The predicted octanol–water partition coefficient (Wildman–Crippen LogP) is 3.64. The highest BCUT2D eigenvalue weighted by molar-refractivity contribution is 7.13. The number of nitrogens with zero attached hydrogens (tertiary/aromatic N) is 3. The lowest BCUT2D eigenvalue weighted by molar-refractivity contribution is -0.135. The van der Waals surface area contributed by atoms with E-state index in [0.717, 1.165) is 42.6 Å². The molecule has 23 heavy (non-hydrogen) atoms. The summed E-state index contributed by atoms with van der Waals surface area (Å²) in [7, 11) is 0. The second-order valence-corrected chi connectivity index (χ2v) is 7.03. The van der Waals surface area contributed by atoms with Crippen LogP contribution >= 0.6 is 11.3 Å². The van der Waals surface area contributed by atoms with Gasteiger partial charge in [-0.3, -0.25) is 4.79 Å². The molecule has 0 radical (unpaired) electrons. The Morgan fingerprint density at radius 3 is 2.78 bits per heavy atom. The van der Waals surface area contributed by atoms with Crippen LogP contribution in [-0.4, -0.2) is 33.9 Å². The number of anilines is 2. The summed E-state index contributed by atoms with van der Waals surface area (Å²) in [5.74, 6) is 1.60. The number of pyridine rings is 1. The van der Waals surface area contributed by atoms with Crippen molar-refractivity contribution < 1.29 is 4.79 Å². The van der Waals surface area contributed by atoms with Gasteiger partial charge >= 0.3 is 0 Å². The van der Waals surface area contributed by atoms with Crippen LogP contribution in [0.2, 0.25) is 0 Å². The summed E-state index contributed by atoms with van der Waals surface area (Å²) < 4.78 is 0. The summed E-state index contributed by atoms with van der Waals surface area (Å²) in [6.45, 7) is 5.60. The molecule has 1 amide bonds. The molecule has 0 aliphatic carbocycles. The van der Waals surface area contributed by atoms with E-state index < -0.39 is 0 Å². The number of carbonyl (C=O) groups excluding carboxylic acids is 1. The summed E-state index contributed by atoms with van der Waals surface area (Å²) in [6, 6.07) is 5.77. The Morgan fingerprint density at radius 2 is 2.13 bits per heavy atom. The Morgan fingerprint density at radius 1 is 1.35 bits per heavy atom. The Kier molecular flexibility index (Phi) is 4.91. The van der Waals surface area contributed by atoms with Crippen LogP contribution in [0.4, 0.5) is 10.9 Å². The Hall–Kier alpha value is -1.95. The average molecular weight is 330 g/mol. The van der Waals surface area contributed by atoms with E-state index in [4.69, 9.17) is 4.98 Å². The zero-order valence-corrected chi connectivity index (χ0v) is 14.3. The van der Waals surface area contributed by atoms with Gasteiger partial charge in [0.1, 0.15) is 5.82 Å². The average Bonchev–Trinajstić information content (AvgIpc) is 3.03. The van der Waals surface area contributed by atoms with Gasteiger partial charge < -0.3 is 10.2 Å². The number of aromatic nitrogens is 2. The van der Waals surface area contributed by atoms with E-state index >= 15 is 0 Å². The number of likely N-dealkylation sites (tertiary alicyclic amines) is 1. The molecule has 0 spiro atoms. The SMILES string of the molecule is CC(C)C(=O)N1CCC(c2csc(Nc3ccccn3)n2)CC1. The molecule has 0 atom stereocenters. The predicted molar refractivity (Wildman–Crippen MR) is 93.0 cm³/mol. The molecule has 0 bridgehead atoms. The highest BCUT2D eigenvalue weighted by Gasteiger charge is 2.26. The van der Waals surface area contributed by atoms with Crippen molar-refractivity contribution >= 4 is 28.2 Å². The van der Waals surface area contributed by atoms with Gasteiger partial charge in [-0.1, -0.05) is 19.9 Å². The number of thiazole rings is 1. The van der Waals surface area contributed by atoms with Crippen LogP contribution < -0.4 is 5.32 Å². The van der Waals surface area contributed by atoms with Crippen molar-refractivity contribution in [3.63, 3.8) is 0 Å². The first kappa shape index (κ1) is 15.9. The number of nitrogens with one attached hydrogen (secondary N) is 1. The minimum absolute atomic E-state index is 0.0833. The molecular formula is C17H22N4OS. The molecule has 1 aliphatic rings. The molecule has 2 aromatic heterocycles. The fourth-order valence-corrected chi connectivity index (χ4v) is 3.64. The van der Waals surface area contributed by atoms with E-state index in [2.05, 4.69) is 15.7 Å². The third-order valence-corrected chi connectivity index (χ3v) is 4.92. The van der Waals surface area contributed by atoms with Gasteiger partial charge in [0.15, 0.2) is 5.13 Å². The van der Waals surface area contributed by atoms with Crippen molar-refractivity contribution in [3.8, 4) is 0 Å². The van der Waals surface area contributed by atoms with Gasteiger partial charge in [0.05, 0.1) is 5.69 Å². The molecule has 2 aromatic rings. The second kappa shape index (κ2) is 7.08.